The van der Waals surface area contributed by atoms with Crippen molar-refractivity contribution in [2.45, 2.75) is 31.0 Å². The summed E-state index contributed by atoms with van der Waals surface area (Å²) in [6.07, 6.45) is -3.29. The highest BCUT2D eigenvalue weighted by atomic mass is 19.4. The molecule has 2 fully saturated rings. The molecule has 0 bridgehead atoms. The zero-order chi connectivity index (χ0) is 19.8. The Kier molecular flexibility index (Phi) is 5.21. The number of carbonyl (C=O) groups is 2. The van der Waals surface area contributed by atoms with E-state index >= 15 is 0 Å². The Bertz CT molecular complexity index is 719. The van der Waals surface area contributed by atoms with E-state index in [0.29, 0.717) is 12.8 Å². The van der Waals surface area contributed by atoms with Gasteiger partial charge in [-0.25, -0.2) is 4.79 Å². The van der Waals surface area contributed by atoms with Crippen molar-refractivity contribution in [1.82, 2.24) is 10.2 Å². The van der Waals surface area contributed by atoms with Crippen molar-refractivity contribution in [1.29, 1.82) is 0 Å². The van der Waals surface area contributed by atoms with Crippen LogP contribution in [0, 0.1) is 11.8 Å². The molecule has 0 spiro atoms. The first-order chi connectivity index (χ1) is 12.7. The molecule has 0 aromatic heterocycles. The second-order valence-electron chi connectivity index (χ2n) is 7.09. The molecule has 0 radical (unpaired) electrons. The Balaban J connectivity index is 1.54. The van der Waals surface area contributed by atoms with Gasteiger partial charge in [0.15, 0.2) is 0 Å². The summed E-state index contributed by atoms with van der Waals surface area (Å²) in [5, 5.41) is 11.7. The molecule has 1 saturated heterocycles. The number of aliphatic carboxylic acids is 1. The molecule has 2 aliphatic rings. The van der Waals surface area contributed by atoms with Crippen LogP contribution in [-0.4, -0.2) is 54.4 Å². The number of benzene rings is 1. The topological polar surface area (TPSA) is 78.9 Å². The number of rotatable bonds is 4. The lowest BCUT2D eigenvalue weighted by atomic mass is 9.76. The maximum atomic E-state index is 13.0. The zero-order valence-electron chi connectivity index (χ0n) is 14.7. The van der Waals surface area contributed by atoms with Crippen LogP contribution in [0.15, 0.2) is 24.3 Å². The van der Waals surface area contributed by atoms with E-state index in [9.17, 15) is 22.8 Å². The van der Waals surface area contributed by atoms with Gasteiger partial charge in [0, 0.05) is 19.1 Å². The first kappa shape index (κ1) is 19.3. The maximum absolute atomic E-state index is 13.0. The first-order valence-electron chi connectivity index (χ1n) is 8.68. The van der Waals surface area contributed by atoms with Crippen LogP contribution < -0.4 is 10.1 Å². The molecule has 2 N–H and O–H groups in total. The number of hydrogen-bond donors (Lipinski definition) is 2. The fraction of sp³-hybridized carbons (Fsp3) is 0.556. The molecule has 1 saturated carbocycles. The van der Waals surface area contributed by atoms with E-state index in [1.807, 2.05) is 24.3 Å². The number of likely N-dealkylation sites (tertiary alicyclic amines) is 1. The zero-order valence-corrected chi connectivity index (χ0v) is 14.7. The summed E-state index contributed by atoms with van der Waals surface area (Å²) in [6, 6.07) is 6.84. The van der Waals surface area contributed by atoms with Gasteiger partial charge in [-0.3, -0.25) is 4.79 Å². The summed E-state index contributed by atoms with van der Waals surface area (Å²) in [7, 11) is 1.58. The molecule has 3 rings (SSSR count). The number of urea groups is 1. The van der Waals surface area contributed by atoms with Crippen LogP contribution in [0.25, 0.3) is 0 Å². The van der Waals surface area contributed by atoms with Crippen molar-refractivity contribution in [2.75, 3.05) is 20.2 Å². The monoisotopic (exact) mass is 386 g/mol. The van der Waals surface area contributed by atoms with Gasteiger partial charge in [-0.05, 0) is 36.5 Å². The number of nitrogens with zero attached hydrogens (tertiary/aromatic N) is 1. The number of carboxylic acids is 1. The van der Waals surface area contributed by atoms with E-state index in [-0.39, 0.29) is 12.0 Å². The van der Waals surface area contributed by atoms with E-state index in [4.69, 9.17) is 9.84 Å². The average molecular weight is 386 g/mol. The van der Waals surface area contributed by atoms with Crippen molar-refractivity contribution < 1.29 is 32.6 Å². The molecule has 27 heavy (non-hydrogen) atoms. The van der Waals surface area contributed by atoms with Gasteiger partial charge in [0.2, 0.25) is 0 Å². The van der Waals surface area contributed by atoms with Crippen LogP contribution >= 0.6 is 0 Å². The molecular weight excluding hydrogens is 365 g/mol. The molecule has 1 heterocycles. The van der Waals surface area contributed by atoms with Gasteiger partial charge in [-0.1, -0.05) is 12.1 Å². The summed E-state index contributed by atoms with van der Waals surface area (Å²) >= 11 is 0. The molecule has 0 unspecified atom stereocenters. The number of methoxy groups -OCH3 is 1. The minimum absolute atomic E-state index is 0.137. The second-order valence-corrected chi connectivity index (χ2v) is 7.09. The smallest absolute Gasteiger partial charge is 0.394 e. The molecule has 1 aliphatic heterocycles. The van der Waals surface area contributed by atoms with Gasteiger partial charge in [0.25, 0.3) is 0 Å². The summed E-state index contributed by atoms with van der Waals surface area (Å²) in [5.74, 6) is -4.20. The van der Waals surface area contributed by atoms with Crippen LogP contribution in [0.3, 0.4) is 0 Å². The summed E-state index contributed by atoms with van der Waals surface area (Å²) in [6.45, 7) is -1.06. The maximum Gasteiger partial charge on any atom is 0.394 e. The number of nitrogens with one attached hydrogen (secondary N) is 1. The van der Waals surface area contributed by atoms with E-state index in [2.05, 4.69) is 5.32 Å². The van der Waals surface area contributed by atoms with Crippen molar-refractivity contribution in [3.63, 3.8) is 0 Å². The fourth-order valence-corrected chi connectivity index (χ4v) is 3.72. The number of hydrogen-bond acceptors (Lipinski definition) is 3. The van der Waals surface area contributed by atoms with E-state index in [1.54, 1.807) is 7.11 Å². The third-order valence-corrected chi connectivity index (χ3v) is 5.38. The van der Waals surface area contributed by atoms with Crippen molar-refractivity contribution in [3.8, 4) is 5.75 Å². The van der Waals surface area contributed by atoms with Gasteiger partial charge in [0.05, 0.1) is 18.9 Å². The molecule has 6 nitrogen and oxygen atoms in total. The van der Waals surface area contributed by atoms with Crippen molar-refractivity contribution in [3.05, 3.63) is 29.8 Å². The van der Waals surface area contributed by atoms with Crippen LogP contribution in [0.1, 0.15) is 24.3 Å². The lowest BCUT2D eigenvalue weighted by molar-refractivity contribution is -0.187. The summed E-state index contributed by atoms with van der Waals surface area (Å²) in [5.41, 5.74) is 1.09. The summed E-state index contributed by atoms with van der Waals surface area (Å²) in [4.78, 5) is 24.3. The van der Waals surface area contributed by atoms with Crippen LogP contribution in [-0.2, 0) is 4.79 Å². The molecule has 1 aliphatic carbocycles. The molecule has 148 valence electrons. The highest BCUT2D eigenvalue weighted by molar-refractivity contribution is 5.78. The third-order valence-electron chi connectivity index (χ3n) is 5.38. The van der Waals surface area contributed by atoms with E-state index in [1.165, 1.54) is 0 Å². The number of amides is 2. The Morgan fingerprint density at radius 2 is 1.96 bits per heavy atom. The lowest BCUT2D eigenvalue weighted by Gasteiger charge is -2.37. The highest BCUT2D eigenvalue weighted by Gasteiger charge is 2.53. The first-order valence-corrected chi connectivity index (χ1v) is 8.68. The standard InChI is InChI=1S/C18H21F3N2O4/c1-27-13-4-2-3-10(7-13)11-5-12(6-11)22-17(26)23-8-14(16(24)25)15(9-23)18(19,20)21/h2-4,7,11-12,14-15H,5-6,8-9H2,1H3,(H,22,26)(H,24,25)/t11?,12?,14-,15-/m1/s1. The van der Waals surface area contributed by atoms with E-state index in [0.717, 1.165) is 16.2 Å². The fourth-order valence-electron chi connectivity index (χ4n) is 3.72. The van der Waals surface area contributed by atoms with Crippen LogP contribution in [0.2, 0.25) is 0 Å². The predicted molar refractivity (Wildman–Crippen MR) is 89.5 cm³/mol. The molecule has 2 amide bonds. The van der Waals surface area contributed by atoms with E-state index < -0.39 is 43.1 Å². The average Bonchev–Trinajstić information content (AvgIpc) is 3.03. The number of halogens is 3. The second kappa shape index (κ2) is 7.28. The van der Waals surface area contributed by atoms with Crippen molar-refractivity contribution in [2.24, 2.45) is 11.8 Å². The van der Waals surface area contributed by atoms with Crippen LogP contribution in [0.4, 0.5) is 18.0 Å². The molecular formula is C18H21F3N2O4. The summed E-state index contributed by atoms with van der Waals surface area (Å²) < 4.78 is 44.2. The van der Waals surface area contributed by atoms with Crippen molar-refractivity contribution >= 4 is 12.0 Å². The van der Waals surface area contributed by atoms with Gasteiger partial charge < -0.3 is 20.1 Å². The minimum atomic E-state index is -4.65. The number of ether oxygens (including phenoxy) is 1. The lowest BCUT2D eigenvalue weighted by Crippen LogP contribution is -2.49. The molecule has 1 aromatic rings. The highest BCUT2D eigenvalue weighted by Crippen LogP contribution is 2.40. The Labute approximate surface area is 154 Å². The van der Waals surface area contributed by atoms with Gasteiger partial charge >= 0.3 is 18.2 Å². The minimum Gasteiger partial charge on any atom is -0.497 e. The largest absolute Gasteiger partial charge is 0.497 e. The van der Waals surface area contributed by atoms with Crippen LogP contribution in [0.5, 0.6) is 5.75 Å². The number of carbonyl (C=O) groups excluding carboxylic acids is 1. The molecule has 2 atom stereocenters. The Morgan fingerprint density at radius 3 is 2.52 bits per heavy atom. The third kappa shape index (κ3) is 4.12. The Hall–Kier alpha value is -2.45. The quantitative estimate of drug-likeness (QED) is 0.834. The molecule has 1 aromatic carbocycles. The number of alkyl halides is 3. The number of carboxylic acid groups (broad SMARTS) is 1. The molecule has 9 heteroatoms. The predicted octanol–water partition coefficient (Wildman–Crippen LogP) is 2.85. The van der Waals surface area contributed by atoms with Gasteiger partial charge in [0.1, 0.15) is 5.75 Å². The van der Waals surface area contributed by atoms with Gasteiger partial charge in [-0.2, -0.15) is 13.2 Å². The van der Waals surface area contributed by atoms with Gasteiger partial charge in [-0.15, -0.1) is 0 Å². The SMILES string of the molecule is COc1cccc(C2CC(NC(=O)N3C[C@@H](C(F)(F)F)[C@H](C(=O)O)C3)C2)c1. The Morgan fingerprint density at radius 1 is 1.26 bits per heavy atom. The normalized spacial score (nSPS) is 27.8.